The molecule has 0 fully saturated rings. The maximum absolute atomic E-state index is 12.0. The summed E-state index contributed by atoms with van der Waals surface area (Å²) in [5.74, 6) is 0.115. The summed E-state index contributed by atoms with van der Waals surface area (Å²) >= 11 is 0. The number of nitrogens with one attached hydrogen (secondary N) is 2. The molecule has 3 N–H and O–H groups in total. The van der Waals surface area contributed by atoms with E-state index in [4.69, 9.17) is 0 Å². The zero-order valence-electron chi connectivity index (χ0n) is 10.5. The lowest BCUT2D eigenvalue weighted by Crippen LogP contribution is -2.13. The van der Waals surface area contributed by atoms with Gasteiger partial charge in [0.25, 0.3) is 5.91 Å². The van der Waals surface area contributed by atoms with Crippen molar-refractivity contribution in [3.63, 3.8) is 0 Å². The van der Waals surface area contributed by atoms with Crippen LogP contribution >= 0.6 is 0 Å². The van der Waals surface area contributed by atoms with Gasteiger partial charge in [0.05, 0.1) is 5.56 Å². The number of aryl methyl sites for hydroxylation is 2. The van der Waals surface area contributed by atoms with Crippen LogP contribution in [0.25, 0.3) is 0 Å². The van der Waals surface area contributed by atoms with Crippen molar-refractivity contribution in [1.29, 1.82) is 0 Å². The van der Waals surface area contributed by atoms with Gasteiger partial charge in [0.15, 0.2) is 5.82 Å². The van der Waals surface area contributed by atoms with Gasteiger partial charge in [-0.2, -0.15) is 5.10 Å². The molecular formula is C13H15N3O2. The molecule has 2 rings (SSSR count). The molecule has 94 valence electrons. The van der Waals surface area contributed by atoms with Gasteiger partial charge in [0, 0.05) is 11.3 Å². The number of H-pyrrole nitrogens is 1. The second-order valence-corrected chi connectivity index (χ2v) is 4.25. The van der Waals surface area contributed by atoms with Gasteiger partial charge in [-0.3, -0.25) is 9.89 Å². The fourth-order valence-corrected chi connectivity index (χ4v) is 1.62. The van der Waals surface area contributed by atoms with Gasteiger partial charge < -0.3 is 10.4 Å². The highest BCUT2D eigenvalue weighted by Gasteiger charge is 2.15. The molecule has 0 atom stereocenters. The molecule has 0 radical (unpaired) electrons. The van der Waals surface area contributed by atoms with E-state index < -0.39 is 0 Å². The SMILES string of the molecule is Cc1cccc(C(=O)Nc2n[nH]c(C)c2C)c1O. The standard InChI is InChI=1S/C13H15N3O2/c1-7-5-4-6-10(11(7)17)13(18)14-12-8(2)9(3)15-16-12/h4-6,17H,1-3H3,(H2,14,15,16,18). The lowest BCUT2D eigenvalue weighted by Gasteiger charge is -2.07. The number of benzene rings is 1. The second kappa shape index (κ2) is 4.52. The van der Waals surface area contributed by atoms with Crippen LogP contribution in [0.1, 0.15) is 27.2 Å². The average molecular weight is 245 g/mol. The smallest absolute Gasteiger partial charge is 0.260 e. The number of para-hydroxylation sites is 1. The van der Waals surface area contributed by atoms with Gasteiger partial charge in [0.2, 0.25) is 0 Å². The van der Waals surface area contributed by atoms with Gasteiger partial charge in [-0.15, -0.1) is 0 Å². The summed E-state index contributed by atoms with van der Waals surface area (Å²) < 4.78 is 0. The monoisotopic (exact) mass is 245 g/mol. The molecule has 1 amide bonds. The Bertz CT molecular complexity index is 602. The van der Waals surface area contributed by atoms with E-state index in [1.54, 1.807) is 25.1 Å². The van der Waals surface area contributed by atoms with Crippen molar-refractivity contribution < 1.29 is 9.90 Å². The Morgan fingerprint density at radius 1 is 1.33 bits per heavy atom. The number of anilines is 1. The number of carbonyl (C=O) groups is 1. The van der Waals surface area contributed by atoms with Gasteiger partial charge in [-0.1, -0.05) is 12.1 Å². The summed E-state index contributed by atoms with van der Waals surface area (Å²) in [5, 5.41) is 19.3. The molecule has 0 saturated heterocycles. The molecule has 0 spiro atoms. The van der Waals surface area contributed by atoms with Crippen molar-refractivity contribution in [3.8, 4) is 5.75 Å². The van der Waals surface area contributed by atoms with Crippen LogP contribution < -0.4 is 5.32 Å². The molecule has 0 bridgehead atoms. The number of aromatic hydroxyl groups is 1. The summed E-state index contributed by atoms with van der Waals surface area (Å²) in [6, 6.07) is 5.05. The summed E-state index contributed by atoms with van der Waals surface area (Å²) in [6.07, 6.45) is 0. The number of hydrogen-bond donors (Lipinski definition) is 3. The first kappa shape index (κ1) is 12.2. The summed E-state index contributed by atoms with van der Waals surface area (Å²) in [5.41, 5.74) is 2.70. The van der Waals surface area contributed by atoms with Crippen LogP contribution in [0.4, 0.5) is 5.82 Å². The Balaban J connectivity index is 2.28. The number of hydrogen-bond acceptors (Lipinski definition) is 3. The van der Waals surface area contributed by atoms with Gasteiger partial charge in [0.1, 0.15) is 5.75 Å². The van der Waals surface area contributed by atoms with Crippen LogP contribution in [-0.4, -0.2) is 21.2 Å². The molecule has 5 nitrogen and oxygen atoms in total. The zero-order valence-corrected chi connectivity index (χ0v) is 10.5. The lowest BCUT2D eigenvalue weighted by molar-refractivity contribution is 0.102. The molecule has 0 saturated carbocycles. The van der Waals surface area contributed by atoms with E-state index in [-0.39, 0.29) is 17.2 Å². The van der Waals surface area contributed by atoms with E-state index in [2.05, 4.69) is 15.5 Å². The molecule has 5 heteroatoms. The Labute approximate surface area is 105 Å². The van der Waals surface area contributed by atoms with Crippen molar-refractivity contribution in [1.82, 2.24) is 10.2 Å². The third-order valence-corrected chi connectivity index (χ3v) is 2.97. The van der Waals surface area contributed by atoms with E-state index in [0.717, 1.165) is 11.3 Å². The second-order valence-electron chi connectivity index (χ2n) is 4.25. The van der Waals surface area contributed by atoms with Crippen LogP contribution in [0.3, 0.4) is 0 Å². The van der Waals surface area contributed by atoms with Crippen LogP contribution in [0.2, 0.25) is 0 Å². The molecule has 0 aliphatic heterocycles. The Morgan fingerprint density at radius 3 is 2.67 bits per heavy atom. The number of rotatable bonds is 2. The van der Waals surface area contributed by atoms with Crippen molar-refractivity contribution >= 4 is 11.7 Å². The Kier molecular flexibility index (Phi) is 3.06. The number of carbonyl (C=O) groups excluding carboxylic acids is 1. The number of aromatic nitrogens is 2. The Morgan fingerprint density at radius 2 is 2.06 bits per heavy atom. The molecule has 1 aromatic heterocycles. The first-order valence-corrected chi connectivity index (χ1v) is 5.62. The average Bonchev–Trinajstić information content (AvgIpc) is 2.64. The molecule has 1 heterocycles. The van der Waals surface area contributed by atoms with Crippen molar-refractivity contribution in [3.05, 3.63) is 40.6 Å². The lowest BCUT2D eigenvalue weighted by atomic mass is 10.1. The highest BCUT2D eigenvalue weighted by atomic mass is 16.3. The first-order valence-electron chi connectivity index (χ1n) is 5.62. The van der Waals surface area contributed by atoms with E-state index in [9.17, 15) is 9.90 Å². The molecule has 0 aliphatic carbocycles. The third kappa shape index (κ3) is 2.07. The van der Waals surface area contributed by atoms with E-state index >= 15 is 0 Å². The van der Waals surface area contributed by atoms with Gasteiger partial charge in [-0.25, -0.2) is 0 Å². The predicted octanol–water partition coefficient (Wildman–Crippen LogP) is 2.29. The maximum Gasteiger partial charge on any atom is 0.260 e. The van der Waals surface area contributed by atoms with Crippen molar-refractivity contribution in [2.75, 3.05) is 5.32 Å². The highest BCUT2D eigenvalue weighted by Crippen LogP contribution is 2.23. The van der Waals surface area contributed by atoms with Crippen LogP contribution in [0.15, 0.2) is 18.2 Å². The maximum atomic E-state index is 12.0. The minimum Gasteiger partial charge on any atom is -0.507 e. The molecule has 1 aromatic carbocycles. The zero-order chi connectivity index (χ0) is 13.3. The number of phenolic OH excluding ortho intramolecular Hbond substituents is 1. The largest absolute Gasteiger partial charge is 0.507 e. The third-order valence-electron chi connectivity index (χ3n) is 2.97. The fourth-order valence-electron chi connectivity index (χ4n) is 1.62. The number of aromatic amines is 1. The van der Waals surface area contributed by atoms with Crippen LogP contribution in [0, 0.1) is 20.8 Å². The van der Waals surface area contributed by atoms with Crippen molar-refractivity contribution in [2.45, 2.75) is 20.8 Å². The summed E-state index contributed by atoms with van der Waals surface area (Å²) in [6.45, 7) is 5.49. The molecule has 0 aliphatic rings. The topological polar surface area (TPSA) is 78.0 Å². The number of phenols is 1. The van der Waals surface area contributed by atoms with E-state index in [0.29, 0.717) is 11.4 Å². The minimum absolute atomic E-state index is 0.0000827. The molecule has 18 heavy (non-hydrogen) atoms. The van der Waals surface area contributed by atoms with Gasteiger partial charge in [-0.05, 0) is 32.4 Å². The summed E-state index contributed by atoms with van der Waals surface area (Å²) in [7, 11) is 0. The van der Waals surface area contributed by atoms with E-state index in [1.807, 2.05) is 13.8 Å². The van der Waals surface area contributed by atoms with Gasteiger partial charge >= 0.3 is 0 Å². The fraction of sp³-hybridized carbons (Fsp3) is 0.231. The first-order chi connectivity index (χ1) is 8.50. The van der Waals surface area contributed by atoms with Crippen LogP contribution in [0.5, 0.6) is 5.75 Å². The number of amides is 1. The predicted molar refractivity (Wildman–Crippen MR) is 68.9 cm³/mol. The quantitative estimate of drug-likeness (QED) is 0.759. The Hall–Kier alpha value is -2.30. The molecular weight excluding hydrogens is 230 g/mol. The molecule has 0 unspecified atom stereocenters. The highest BCUT2D eigenvalue weighted by molar-refractivity contribution is 6.06. The number of nitrogens with zero attached hydrogens (tertiary/aromatic N) is 1. The summed E-state index contributed by atoms with van der Waals surface area (Å²) in [4.78, 5) is 12.0. The van der Waals surface area contributed by atoms with Crippen LogP contribution in [-0.2, 0) is 0 Å². The molecule has 2 aromatic rings. The van der Waals surface area contributed by atoms with Crippen molar-refractivity contribution in [2.24, 2.45) is 0 Å². The normalized spacial score (nSPS) is 10.4. The minimum atomic E-state index is -0.370. The van der Waals surface area contributed by atoms with E-state index in [1.165, 1.54) is 0 Å².